The Morgan fingerprint density at radius 1 is 1.08 bits per heavy atom. The van der Waals surface area contributed by atoms with Gasteiger partial charge < -0.3 is 14.6 Å². The van der Waals surface area contributed by atoms with Gasteiger partial charge in [-0.1, -0.05) is 19.0 Å². The molecule has 1 N–H and O–H groups in total. The second-order valence-corrected chi connectivity index (χ2v) is 7.74. The van der Waals surface area contributed by atoms with Crippen molar-refractivity contribution in [1.82, 2.24) is 20.1 Å². The predicted octanol–water partition coefficient (Wildman–Crippen LogP) is 3.75. The molecule has 1 aliphatic carbocycles. The molecule has 2 aromatic heterocycles. The molecule has 0 radical (unpaired) electrons. The molecule has 26 heavy (non-hydrogen) atoms. The van der Waals surface area contributed by atoms with Gasteiger partial charge in [0.15, 0.2) is 5.82 Å². The summed E-state index contributed by atoms with van der Waals surface area (Å²) >= 11 is 0. The third-order valence-electron chi connectivity index (χ3n) is 5.09. The van der Waals surface area contributed by atoms with E-state index in [4.69, 9.17) is 14.2 Å². The van der Waals surface area contributed by atoms with Crippen LogP contribution >= 0.6 is 0 Å². The molecule has 4 rings (SSSR count). The zero-order valence-electron chi connectivity index (χ0n) is 15.7. The number of anilines is 1. The maximum atomic E-state index is 5.63. The van der Waals surface area contributed by atoms with Crippen LogP contribution in [0.15, 0.2) is 10.6 Å². The Bertz CT molecular complexity index is 750. The quantitative estimate of drug-likeness (QED) is 0.842. The van der Waals surface area contributed by atoms with Gasteiger partial charge in [-0.05, 0) is 38.5 Å². The van der Waals surface area contributed by atoms with Crippen molar-refractivity contribution in [2.24, 2.45) is 5.92 Å². The van der Waals surface area contributed by atoms with Crippen LogP contribution in [0.5, 0.6) is 0 Å². The van der Waals surface area contributed by atoms with Crippen molar-refractivity contribution in [2.75, 3.05) is 18.5 Å². The van der Waals surface area contributed by atoms with E-state index in [0.717, 1.165) is 49.2 Å². The normalized spacial score (nSPS) is 19.7. The van der Waals surface area contributed by atoms with Gasteiger partial charge in [0.25, 0.3) is 0 Å². The summed E-state index contributed by atoms with van der Waals surface area (Å²) < 4.78 is 11.2. The van der Waals surface area contributed by atoms with Crippen molar-refractivity contribution in [2.45, 2.75) is 64.3 Å². The van der Waals surface area contributed by atoms with Gasteiger partial charge in [-0.3, -0.25) is 0 Å². The van der Waals surface area contributed by atoms with E-state index in [-0.39, 0.29) is 12.0 Å². The van der Waals surface area contributed by atoms with E-state index in [1.54, 1.807) is 0 Å². The predicted molar refractivity (Wildman–Crippen MR) is 97.0 cm³/mol. The minimum absolute atomic E-state index is 0.0553. The van der Waals surface area contributed by atoms with E-state index < -0.39 is 0 Å². The first-order valence-corrected chi connectivity index (χ1v) is 9.63. The van der Waals surface area contributed by atoms with Crippen LogP contribution < -0.4 is 5.32 Å². The summed E-state index contributed by atoms with van der Waals surface area (Å²) in [5, 5.41) is 7.73. The van der Waals surface area contributed by atoms with E-state index in [1.165, 1.54) is 12.8 Å². The van der Waals surface area contributed by atoms with Crippen LogP contribution in [-0.2, 0) is 4.74 Å². The average molecular weight is 357 g/mol. The van der Waals surface area contributed by atoms with Gasteiger partial charge in [0.05, 0.1) is 0 Å². The number of aromatic nitrogens is 4. The SMILES string of the molecule is Cc1cc(NC(c2nc(C(C)C)no2)C2CCOCC2)nc(C2CC2)n1. The Labute approximate surface area is 154 Å². The fraction of sp³-hybridized carbons (Fsp3) is 0.684. The zero-order valence-corrected chi connectivity index (χ0v) is 15.7. The molecule has 1 saturated carbocycles. The highest BCUT2D eigenvalue weighted by Gasteiger charge is 2.32. The van der Waals surface area contributed by atoms with Gasteiger partial charge in [-0.2, -0.15) is 4.98 Å². The molecule has 3 heterocycles. The smallest absolute Gasteiger partial charge is 0.249 e. The topological polar surface area (TPSA) is 86.0 Å². The molecule has 1 atom stereocenters. The van der Waals surface area contributed by atoms with Crippen molar-refractivity contribution in [3.05, 3.63) is 29.3 Å². The van der Waals surface area contributed by atoms with Crippen molar-refractivity contribution < 1.29 is 9.26 Å². The van der Waals surface area contributed by atoms with Crippen LogP contribution in [0, 0.1) is 12.8 Å². The molecule has 0 aromatic carbocycles. The minimum atomic E-state index is -0.0553. The van der Waals surface area contributed by atoms with Crippen molar-refractivity contribution in [1.29, 1.82) is 0 Å². The number of ether oxygens (including phenoxy) is 1. The Hall–Kier alpha value is -2.02. The summed E-state index contributed by atoms with van der Waals surface area (Å²) in [7, 11) is 0. The minimum Gasteiger partial charge on any atom is -0.381 e. The van der Waals surface area contributed by atoms with Gasteiger partial charge in [-0.25, -0.2) is 9.97 Å². The van der Waals surface area contributed by atoms with Crippen LogP contribution in [0.2, 0.25) is 0 Å². The Morgan fingerprint density at radius 3 is 2.50 bits per heavy atom. The summed E-state index contributed by atoms with van der Waals surface area (Å²) in [5.74, 6) is 4.33. The van der Waals surface area contributed by atoms with Crippen molar-refractivity contribution >= 4 is 5.82 Å². The summed E-state index contributed by atoms with van der Waals surface area (Å²) in [6.45, 7) is 7.70. The number of rotatable bonds is 6. The highest BCUT2D eigenvalue weighted by Crippen LogP contribution is 2.39. The van der Waals surface area contributed by atoms with Crippen LogP contribution in [0.3, 0.4) is 0 Å². The lowest BCUT2D eigenvalue weighted by Gasteiger charge is -2.29. The van der Waals surface area contributed by atoms with Crippen LogP contribution in [0.25, 0.3) is 0 Å². The molecule has 0 amide bonds. The number of nitrogens with one attached hydrogen (secondary N) is 1. The molecule has 1 saturated heterocycles. The lowest BCUT2D eigenvalue weighted by molar-refractivity contribution is 0.0570. The third-order valence-corrected chi connectivity index (χ3v) is 5.09. The Balaban J connectivity index is 1.61. The molecule has 1 unspecified atom stereocenters. The molecular formula is C19H27N5O2. The number of hydrogen-bond donors (Lipinski definition) is 1. The van der Waals surface area contributed by atoms with E-state index in [0.29, 0.717) is 17.7 Å². The second-order valence-electron chi connectivity index (χ2n) is 7.74. The highest BCUT2D eigenvalue weighted by molar-refractivity contribution is 5.39. The summed E-state index contributed by atoms with van der Waals surface area (Å²) in [6.07, 6.45) is 4.31. The van der Waals surface area contributed by atoms with Gasteiger partial charge >= 0.3 is 0 Å². The summed E-state index contributed by atoms with van der Waals surface area (Å²) in [6, 6.07) is 1.94. The number of aryl methyl sites for hydroxylation is 1. The van der Waals surface area contributed by atoms with Gasteiger partial charge in [0, 0.05) is 36.8 Å². The third kappa shape index (κ3) is 3.87. The molecular weight excluding hydrogens is 330 g/mol. The molecule has 7 heteroatoms. The molecule has 1 aliphatic heterocycles. The second kappa shape index (κ2) is 7.31. The lowest BCUT2D eigenvalue weighted by Crippen LogP contribution is -2.28. The first kappa shape index (κ1) is 17.4. The van der Waals surface area contributed by atoms with Crippen LogP contribution in [0.1, 0.15) is 80.6 Å². The summed E-state index contributed by atoms with van der Waals surface area (Å²) in [4.78, 5) is 14.0. The molecule has 7 nitrogen and oxygen atoms in total. The molecule has 140 valence electrons. The van der Waals surface area contributed by atoms with Gasteiger partial charge in [-0.15, -0.1) is 0 Å². The van der Waals surface area contributed by atoms with Gasteiger partial charge in [0.1, 0.15) is 17.7 Å². The zero-order chi connectivity index (χ0) is 18.1. The van der Waals surface area contributed by atoms with E-state index in [1.807, 2.05) is 13.0 Å². The molecule has 2 aliphatic rings. The van der Waals surface area contributed by atoms with E-state index in [9.17, 15) is 0 Å². The van der Waals surface area contributed by atoms with E-state index >= 15 is 0 Å². The lowest BCUT2D eigenvalue weighted by atomic mass is 9.91. The van der Waals surface area contributed by atoms with Crippen molar-refractivity contribution in [3.8, 4) is 0 Å². The fourth-order valence-corrected chi connectivity index (χ4v) is 3.39. The fourth-order valence-electron chi connectivity index (χ4n) is 3.39. The van der Waals surface area contributed by atoms with Gasteiger partial charge in [0.2, 0.25) is 5.89 Å². The standard InChI is InChI=1S/C19H27N5O2/c1-11(2)17-23-19(26-24-17)16(13-6-8-25-9-7-13)21-15-10-12(3)20-18(22-15)14-4-5-14/h10-11,13-14,16H,4-9H2,1-3H3,(H,20,21,22). The number of hydrogen-bond acceptors (Lipinski definition) is 7. The monoisotopic (exact) mass is 357 g/mol. The number of nitrogens with zero attached hydrogens (tertiary/aromatic N) is 4. The molecule has 0 bridgehead atoms. The first-order chi connectivity index (χ1) is 12.6. The molecule has 2 aromatic rings. The maximum absolute atomic E-state index is 5.63. The Morgan fingerprint density at radius 2 is 1.85 bits per heavy atom. The largest absolute Gasteiger partial charge is 0.381 e. The van der Waals surface area contributed by atoms with Crippen LogP contribution in [-0.4, -0.2) is 33.3 Å². The molecule has 0 spiro atoms. The molecule has 2 fully saturated rings. The summed E-state index contributed by atoms with van der Waals surface area (Å²) in [5.41, 5.74) is 0.989. The maximum Gasteiger partial charge on any atom is 0.249 e. The Kier molecular flexibility index (Phi) is 4.89. The van der Waals surface area contributed by atoms with Crippen LogP contribution in [0.4, 0.5) is 5.82 Å². The average Bonchev–Trinajstić information content (AvgIpc) is 3.37. The van der Waals surface area contributed by atoms with Crippen molar-refractivity contribution in [3.63, 3.8) is 0 Å². The highest BCUT2D eigenvalue weighted by atomic mass is 16.5. The first-order valence-electron chi connectivity index (χ1n) is 9.63. The van der Waals surface area contributed by atoms with E-state index in [2.05, 4.69) is 34.3 Å².